The first-order valence-corrected chi connectivity index (χ1v) is 9.33. The van der Waals surface area contributed by atoms with Gasteiger partial charge in [-0.2, -0.15) is 0 Å². The van der Waals surface area contributed by atoms with E-state index >= 15 is 0 Å². The van der Waals surface area contributed by atoms with Gasteiger partial charge in [0.05, 0.1) is 0 Å². The van der Waals surface area contributed by atoms with E-state index < -0.39 is 30.1 Å². The van der Waals surface area contributed by atoms with E-state index in [-0.39, 0.29) is 12.2 Å². The van der Waals surface area contributed by atoms with Gasteiger partial charge in [0.2, 0.25) is 0 Å². The Hall–Kier alpha value is -1.24. The molecule has 0 aromatic carbocycles. The zero-order valence-electron chi connectivity index (χ0n) is 15.4. The van der Waals surface area contributed by atoms with Crippen molar-refractivity contribution in [1.82, 2.24) is 0 Å². The monoisotopic (exact) mass is 356 g/mol. The van der Waals surface area contributed by atoms with Crippen LogP contribution in [0.25, 0.3) is 0 Å². The Bertz CT molecular complexity index is 445. The summed E-state index contributed by atoms with van der Waals surface area (Å²) in [4.78, 5) is 22.8. The fourth-order valence-electron chi connectivity index (χ4n) is 2.80. The van der Waals surface area contributed by atoms with Crippen molar-refractivity contribution in [3.05, 3.63) is 11.6 Å². The molecule has 1 aliphatic carbocycles. The predicted octanol–water partition coefficient (Wildman–Crippen LogP) is 2.31. The summed E-state index contributed by atoms with van der Waals surface area (Å²) in [6.45, 7) is 3.69. The third-order valence-corrected chi connectivity index (χ3v) is 4.35. The lowest BCUT2D eigenvalue weighted by Crippen LogP contribution is -2.47. The van der Waals surface area contributed by atoms with Gasteiger partial charge in [0, 0.05) is 19.1 Å². The van der Waals surface area contributed by atoms with Gasteiger partial charge in [0.25, 0.3) is 0 Å². The Morgan fingerprint density at radius 2 is 1.68 bits per heavy atom. The predicted molar refractivity (Wildman–Crippen MR) is 94.1 cm³/mol. The molecule has 0 bridgehead atoms. The van der Waals surface area contributed by atoms with E-state index in [1.807, 2.05) is 0 Å². The number of ketones is 1. The van der Waals surface area contributed by atoms with Crippen LogP contribution in [0, 0.1) is 0 Å². The van der Waals surface area contributed by atoms with Crippen LogP contribution in [0.4, 0.5) is 0 Å². The van der Waals surface area contributed by atoms with Crippen molar-refractivity contribution in [3.8, 4) is 0 Å². The molecule has 0 heterocycles. The lowest BCUT2D eigenvalue weighted by atomic mass is 9.91. The molecule has 6 heteroatoms. The molecule has 0 aromatic rings. The smallest absolute Gasteiger partial charge is 0.302 e. The summed E-state index contributed by atoms with van der Waals surface area (Å²) >= 11 is 0. The van der Waals surface area contributed by atoms with Crippen LogP contribution in [0.3, 0.4) is 0 Å². The van der Waals surface area contributed by atoms with Gasteiger partial charge in [0.1, 0.15) is 24.9 Å². The number of hydrogen-bond acceptors (Lipinski definition) is 6. The molecule has 0 aliphatic heterocycles. The first kappa shape index (κ1) is 21.8. The summed E-state index contributed by atoms with van der Waals surface area (Å²) in [5, 5.41) is 19.8. The number of hydrogen-bond donors (Lipinski definition) is 2. The maximum Gasteiger partial charge on any atom is 0.302 e. The molecule has 0 spiro atoms. The standard InChI is InChI=1S/C19H32O6/c1-3-4-5-6-7-8-9-10-11-24-16-12-15(13-25-14(2)20)17(21)19(23)18(16)22/h12,16,18-19,22-23H,3-11,13H2,1-2H3/t16-,18-,19-/m0/s1. The highest BCUT2D eigenvalue weighted by molar-refractivity contribution is 6.00. The van der Waals surface area contributed by atoms with Gasteiger partial charge >= 0.3 is 5.97 Å². The Morgan fingerprint density at radius 1 is 1.08 bits per heavy atom. The maximum absolute atomic E-state index is 11.9. The molecule has 25 heavy (non-hydrogen) atoms. The zero-order chi connectivity index (χ0) is 18.7. The second kappa shape index (κ2) is 12.2. The largest absolute Gasteiger partial charge is 0.461 e. The van der Waals surface area contributed by atoms with Crippen molar-refractivity contribution in [2.75, 3.05) is 13.2 Å². The second-order valence-corrected chi connectivity index (χ2v) is 6.58. The number of Topliss-reactive ketones (excluding diaryl/α,β-unsaturated/α-hetero) is 1. The van der Waals surface area contributed by atoms with Crippen LogP contribution in [0.1, 0.15) is 65.2 Å². The number of esters is 1. The van der Waals surface area contributed by atoms with Crippen LogP contribution >= 0.6 is 0 Å². The number of ether oxygens (including phenoxy) is 2. The number of carbonyl (C=O) groups is 2. The average molecular weight is 356 g/mol. The topological polar surface area (TPSA) is 93.1 Å². The molecule has 0 saturated heterocycles. The molecule has 1 aliphatic rings. The Morgan fingerprint density at radius 3 is 2.28 bits per heavy atom. The molecule has 144 valence electrons. The van der Waals surface area contributed by atoms with E-state index in [2.05, 4.69) is 6.92 Å². The Labute approximate surface area is 150 Å². The van der Waals surface area contributed by atoms with Crippen LogP contribution in [-0.4, -0.2) is 53.5 Å². The molecule has 6 nitrogen and oxygen atoms in total. The summed E-state index contributed by atoms with van der Waals surface area (Å²) in [7, 11) is 0. The molecule has 0 amide bonds. The number of carbonyl (C=O) groups excluding carboxylic acids is 2. The van der Waals surface area contributed by atoms with Gasteiger partial charge in [-0.3, -0.25) is 9.59 Å². The van der Waals surface area contributed by atoms with Crippen LogP contribution < -0.4 is 0 Å². The highest BCUT2D eigenvalue weighted by atomic mass is 16.5. The summed E-state index contributed by atoms with van der Waals surface area (Å²) in [6, 6.07) is 0. The van der Waals surface area contributed by atoms with Gasteiger partial charge in [0.15, 0.2) is 5.78 Å². The zero-order valence-corrected chi connectivity index (χ0v) is 15.4. The molecule has 0 radical (unpaired) electrons. The summed E-state index contributed by atoms with van der Waals surface area (Å²) in [5.41, 5.74) is 0.161. The van der Waals surface area contributed by atoms with Crippen LogP contribution in [0.2, 0.25) is 0 Å². The Kier molecular flexibility index (Phi) is 10.6. The van der Waals surface area contributed by atoms with Crippen molar-refractivity contribution in [3.63, 3.8) is 0 Å². The van der Waals surface area contributed by atoms with Crippen LogP contribution in [0.15, 0.2) is 11.6 Å². The van der Waals surface area contributed by atoms with E-state index in [9.17, 15) is 19.8 Å². The molecule has 0 unspecified atom stereocenters. The molecule has 1 rings (SSSR count). The first-order chi connectivity index (χ1) is 12.0. The molecule has 3 atom stereocenters. The lowest BCUT2D eigenvalue weighted by Gasteiger charge is -2.29. The maximum atomic E-state index is 11.9. The van der Waals surface area contributed by atoms with E-state index in [4.69, 9.17) is 9.47 Å². The van der Waals surface area contributed by atoms with Crippen molar-refractivity contribution in [2.45, 2.75) is 83.5 Å². The molecule has 0 aromatic heterocycles. The second-order valence-electron chi connectivity index (χ2n) is 6.58. The summed E-state index contributed by atoms with van der Waals surface area (Å²) in [5.74, 6) is -1.13. The lowest BCUT2D eigenvalue weighted by molar-refractivity contribution is -0.143. The van der Waals surface area contributed by atoms with E-state index in [0.29, 0.717) is 6.61 Å². The highest BCUT2D eigenvalue weighted by Gasteiger charge is 2.37. The first-order valence-electron chi connectivity index (χ1n) is 9.33. The van der Waals surface area contributed by atoms with Crippen molar-refractivity contribution >= 4 is 11.8 Å². The molecule has 0 fully saturated rings. The normalized spacial score (nSPS) is 23.4. The quantitative estimate of drug-likeness (QED) is 0.412. The SMILES string of the molecule is CCCCCCCCCCO[C@H]1C=C(COC(C)=O)C(=O)[C@H](O)[C@H]1O. The van der Waals surface area contributed by atoms with Crippen LogP contribution in [-0.2, 0) is 19.1 Å². The van der Waals surface area contributed by atoms with E-state index in [0.717, 1.165) is 19.3 Å². The van der Waals surface area contributed by atoms with Crippen molar-refractivity contribution in [2.24, 2.45) is 0 Å². The van der Waals surface area contributed by atoms with Crippen LogP contribution in [0.5, 0.6) is 0 Å². The molecular weight excluding hydrogens is 324 g/mol. The highest BCUT2D eigenvalue weighted by Crippen LogP contribution is 2.20. The third kappa shape index (κ3) is 8.12. The summed E-state index contributed by atoms with van der Waals surface area (Å²) < 4.78 is 10.4. The number of rotatable bonds is 12. The van der Waals surface area contributed by atoms with Gasteiger partial charge in [-0.1, -0.05) is 51.9 Å². The number of unbranched alkanes of at least 4 members (excludes halogenated alkanes) is 7. The fraction of sp³-hybridized carbons (Fsp3) is 0.789. The minimum absolute atomic E-state index is 0.161. The van der Waals surface area contributed by atoms with Crippen molar-refractivity contribution in [1.29, 1.82) is 0 Å². The molecule has 0 saturated carbocycles. The third-order valence-electron chi connectivity index (χ3n) is 4.35. The van der Waals surface area contributed by atoms with E-state index in [1.165, 1.54) is 45.1 Å². The average Bonchev–Trinajstić information content (AvgIpc) is 2.59. The van der Waals surface area contributed by atoms with E-state index in [1.54, 1.807) is 0 Å². The van der Waals surface area contributed by atoms with Gasteiger partial charge in [-0.15, -0.1) is 0 Å². The molecular formula is C19H32O6. The van der Waals surface area contributed by atoms with Gasteiger partial charge in [-0.25, -0.2) is 0 Å². The number of aliphatic hydroxyl groups excluding tert-OH is 2. The Balaban J connectivity index is 2.32. The van der Waals surface area contributed by atoms with Gasteiger partial charge in [-0.05, 0) is 12.5 Å². The van der Waals surface area contributed by atoms with Crippen molar-refractivity contribution < 1.29 is 29.3 Å². The molecule has 2 N–H and O–H groups in total. The summed E-state index contributed by atoms with van der Waals surface area (Å²) in [6.07, 6.45) is 7.28. The minimum Gasteiger partial charge on any atom is -0.461 e. The number of aliphatic hydroxyl groups is 2. The minimum atomic E-state index is -1.54. The fourth-order valence-corrected chi connectivity index (χ4v) is 2.80. The van der Waals surface area contributed by atoms with Gasteiger partial charge < -0.3 is 19.7 Å².